The van der Waals surface area contributed by atoms with E-state index in [1.807, 2.05) is 24.6 Å². The van der Waals surface area contributed by atoms with Crippen LogP contribution in [0, 0.1) is 0 Å². The van der Waals surface area contributed by atoms with E-state index >= 15 is 0 Å². The predicted molar refractivity (Wildman–Crippen MR) is 62.2 cm³/mol. The molecule has 0 bridgehead atoms. The number of imidazole rings is 1. The standard InChI is InChI=1S/C11H17N5O/c1-4-8-13-5-6-16(8)7-9-14-10(15-17-9)11(2,3)12/h5-6H,4,7,12H2,1-3H3. The second-order valence-electron chi connectivity index (χ2n) is 4.56. The average Bonchev–Trinajstić information content (AvgIpc) is 2.86. The first kappa shape index (κ1) is 11.8. The van der Waals surface area contributed by atoms with Crippen LogP contribution in [-0.2, 0) is 18.5 Å². The van der Waals surface area contributed by atoms with E-state index in [0.717, 1.165) is 12.2 Å². The lowest BCUT2D eigenvalue weighted by Gasteiger charge is -2.11. The summed E-state index contributed by atoms with van der Waals surface area (Å²) < 4.78 is 7.16. The molecule has 0 aliphatic carbocycles. The summed E-state index contributed by atoms with van der Waals surface area (Å²) in [6.07, 6.45) is 4.54. The second-order valence-corrected chi connectivity index (χ2v) is 4.56. The van der Waals surface area contributed by atoms with Crippen LogP contribution in [0.1, 0.15) is 38.3 Å². The molecule has 0 unspecified atom stereocenters. The zero-order valence-electron chi connectivity index (χ0n) is 10.3. The van der Waals surface area contributed by atoms with Crippen molar-refractivity contribution in [1.29, 1.82) is 0 Å². The topological polar surface area (TPSA) is 82.8 Å². The first-order valence-corrected chi connectivity index (χ1v) is 5.62. The van der Waals surface area contributed by atoms with Crippen LogP contribution >= 0.6 is 0 Å². The molecule has 0 spiro atoms. The molecule has 0 fully saturated rings. The molecule has 2 rings (SSSR count). The van der Waals surface area contributed by atoms with Gasteiger partial charge in [0.25, 0.3) is 0 Å². The lowest BCUT2D eigenvalue weighted by atomic mass is 10.1. The first-order valence-electron chi connectivity index (χ1n) is 5.62. The van der Waals surface area contributed by atoms with Crippen LogP contribution in [0.5, 0.6) is 0 Å². The zero-order valence-corrected chi connectivity index (χ0v) is 10.3. The highest BCUT2D eigenvalue weighted by molar-refractivity contribution is 5.01. The smallest absolute Gasteiger partial charge is 0.246 e. The first-order chi connectivity index (χ1) is 8.00. The molecule has 0 saturated carbocycles. The van der Waals surface area contributed by atoms with Gasteiger partial charge in [-0.25, -0.2) is 4.98 Å². The van der Waals surface area contributed by atoms with Gasteiger partial charge in [-0.2, -0.15) is 4.98 Å². The fourth-order valence-corrected chi connectivity index (χ4v) is 1.52. The lowest BCUT2D eigenvalue weighted by Crippen LogP contribution is -2.30. The van der Waals surface area contributed by atoms with Crippen LogP contribution in [0.2, 0.25) is 0 Å². The minimum Gasteiger partial charge on any atom is -0.337 e. The lowest BCUT2D eigenvalue weighted by molar-refractivity contribution is 0.354. The van der Waals surface area contributed by atoms with Gasteiger partial charge < -0.3 is 14.8 Å². The normalized spacial score (nSPS) is 12.0. The highest BCUT2D eigenvalue weighted by Gasteiger charge is 2.21. The van der Waals surface area contributed by atoms with Crippen molar-refractivity contribution in [2.45, 2.75) is 39.3 Å². The molecule has 0 aliphatic rings. The van der Waals surface area contributed by atoms with E-state index < -0.39 is 5.54 Å². The molecule has 2 aromatic rings. The van der Waals surface area contributed by atoms with E-state index in [0.29, 0.717) is 18.3 Å². The molecule has 6 nitrogen and oxygen atoms in total. The van der Waals surface area contributed by atoms with Crippen LogP contribution in [0.3, 0.4) is 0 Å². The van der Waals surface area contributed by atoms with Crippen LogP contribution in [-0.4, -0.2) is 19.7 Å². The van der Waals surface area contributed by atoms with Gasteiger partial charge in [0.15, 0.2) is 5.82 Å². The third-order valence-corrected chi connectivity index (χ3v) is 2.47. The molecular weight excluding hydrogens is 218 g/mol. The monoisotopic (exact) mass is 235 g/mol. The highest BCUT2D eigenvalue weighted by Crippen LogP contribution is 2.13. The van der Waals surface area contributed by atoms with Gasteiger partial charge in [-0.05, 0) is 13.8 Å². The van der Waals surface area contributed by atoms with Crippen molar-refractivity contribution >= 4 is 0 Å². The zero-order chi connectivity index (χ0) is 12.5. The molecule has 6 heteroatoms. The predicted octanol–water partition coefficient (Wildman–Crippen LogP) is 1.07. The number of nitrogens with zero attached hydrogens (tertiary/aromatic N) is 4. The Kier molecular flexibility index (Phi) is 2.97. The van der Waals surface area contributed by atoms with Gasteiger partial charge in [0.2, 0.25) is 5.89 Å². The molecule has 0 atom stereocenters. The minimum absolute atomic E-state index is 0.519. The van der Waals surface area contributed by atoms with Gasteiger partial charge >= 0.3 is 0 Å². The number of hydrogen-bond donors (Lipinski definition) is 1. The maximum Gasteiger partial charge on any atom is 0.246 e. The van der Waals surface area contributed by atoms with Gasteiger partial charge in [0.1, 0.15) is 12.4 Å². The largest absolute Gasteiger partial charge is 0.337 e. The summed E-state index contributed by atoms with van der Waals surface area (Å²) in [4.78, 5) is 8.52. The quantitative estimate of drug-likeness (QED) is 0.857. The Bertz CT molecular complexity index is 494. The molecule has 2 heterocycles. The van der Waals surface area contributed by atoms with Crippen LogP contribution < -0.4 is 5.73 Å². The molecule has 2 aromatic heterocycles. The molecule has 92 valence electrons. The molecule has 0 saturated heterocycles. The van der Waals surface area contributed by atoms with E-state index in [1.54, 1.807) is 6.20 Å². The number of aromatic nitrogens is 4. The summed E-state index contributed by atoms with van der Waals surface area (Å²) >= 11 is 0. The summed E-state index contributed by atoms with van der Waals surface area (Å²) in [5.74, 6) is 2.06. The van der Waals surface area contributed by atoms with Gasteiger partial charge in [-0.3, -0.25) is 0 Å². The van der Waals surface area contributed by atoms with Crippen LogP contribution in [0.15, 0.2) is 16.9 Å². The Balaban J connectivity index is 2.17. The van der Waals surface area contributed by atoms with Crippen molar-refractivity contribution in [3.63, 3.8) is 0 Å². The molecule has 0 radical (unpaired) electrons. The van der Waals surface area contributed by atoms with Crippen LogP contribution in [0.4, 0.5) is 0 Å². The Morgan fingerprint density at radius 3 is 2.82 bits per heavy atom. The molecule has 0 aromatic carbocycles. The summed E-state index contributed by atoms with van der Waals surface area (Å²) in [5, 5.41) is 3.88. The molecule has 2 N–H and O–H groups in total. The summed E-state index contributed by atoms with van der Waals surface area (Å²) in [7, 11) is 0. The Labute approximate surface area is 99.8 Å². The van der Waals surface area contributed by atoms with Gasteiger partial charge in [-0.15, -0.1) is 0 Å². The van der Waals surface area contributed by atoms with Gasteiger partial charge in [-0.1, -0.05) is 12.1 Å². The summed E-state index contributed by atoms with van der Waals surface area (Å²) in [6.45, 7) is 6.28. The SMILES string of the molecule is CCc1nccn1Cc1nc(C(C)(C)N)no1. The van der Waals surface area contributed by atoms with Crippen molar-refractivity contribution in [1.82, 2.24) is 19.7 Å². The maximum absolute atomic E-state index is 5.90. The van der Waals surface area contributed by atoms with E-state index in [9.17, 15) is 0 Å². The Morgan fingerprint density at radius 1 is 1.47 bits per heavy atom. The number of hydrogen-bond acceptors (Lipinski definition) is 5. The van der Waals surface area contributed by atoms with Crippen molar-refractivity contribution in [3.8, 4) is 0 Å². The van der Waals surface area contributed by atoms with E-state index in [-0.39, 0.29) is 0 Å². The number of aryl methyl sites for hydroxylation is 1. The van der Waals surface area contributed by atoms with Crippen LogP contribution in [0.25, 0.3) is 0 Å². The van der Waals surface area contributed by atoms with Crippen molar-refractivity contribution in [3.05, 3.63) is 29.9 Å². The summed E-state index contributed by atoms with van der Waals surface area (Å²) in [5.41, 5.74) is 5.32. The third-order valence-electron chi connectivity index (χ3n) is 2.47. The van der Waals surface area contributed by atoms with Gasteiger partial charge in [0.05, 0.1) is 5.54 Å². The number of nitrogens with two attached hydrogens (primary N) is 1. The summed E-state index contributed by atoms with van der Waals surface area (Å²) in [6, 6.07) is 0. The minimum atomic E-state index is -0.579. The molecule has 0 aliphatic heterocycles. The average molecular weight is 235 g/mol. The van der Waals surface area contributed by atoms with Crippen molar-refractivity contribution < 1.29 is 4.52 Å². The molecule has 17 heavy (non-hydrogen) atoms. The maximum atomic E-state index is 5.90. The Morgan fingerprint density at radius 2 is 2.24 bits per heavy atom. The fourth-order valence-electron chi connectivity index (χ4n) is 1.52. The van der Waals surface area contributed by atoms with Gasteiger partial charge in [0, 0.05) is 18.8 Å². The third kappa shape index (κ3) is 2.52. The van der Waals surface area contributed by atoms with Crippen molar-refractivity contribution in [2.75, 3.05) is 0 Å². The van der Waals surface area contributed by atoms with E-state index in [1.165, 1.54) is 0 Å². The second kappa shape index (κ2) is 4.29. The number of rotatable bonds is 4. The fraction of sp³-hybridized carbons (Fsp3) is 0.545. The highest BCUT2D eigenvalue weighted by atomic mass is 16.5. The molecule has 0 amide bonds. The van der Waals surface area contributed by atoms with Crippen molar-refractivity contribution in [2.24, 2.45) is 5.73 Å². The van der Waals surface area contributed by atoms with E-state index in [2.05, 4.69) is 22.0 Å². The Hall–Kier alpha value is -1.69. The van der Waals surface area contributed by atoms with E-state index in [4.69, 9.17) is 10.3 Å². The molecular formula is C11H17N5O.